The number of rotatable bonds is 6. The quantitative estimate of drug-likeness (QED) is 0.583. The molecule has 4 nitrogen and oxygen atoms in total. The Kier molecular flexibility index (Phi) is 6.91. The summed E-state index contributed by atoms with van der Waals surface area (Å²) in [5.74, 6) is 0.862. The molecule has 0 bridgehead atoms. The van der Waals surface area contributed by atoms with E-state index >= 15 is 0 Å². The Labute approximate surface area is 167 Å². The third-order valence-corrected chi connectivity index (χ3v) is 6.71. The number of hydrogen-bond acceptors (Lipinski definition) is 3. The molecule has 0 saturated carbocycles. The molecule has 1 aliphatic rings. The summed E-state index contributed by atoms with van der Waals surface area (Å²) >= 11 is 1.87. The van der Waals surface area contributed by atoms with E-state index in [1.54, 1.807) is 0 Å². The van der Waals surface area contributed by atoms with Crippen LogP contribution in [0.1, 0.15) is 40.6 Å². The van der Waals surface area contributed by atoms with E-state index in [0.29, 0.717) is 0 Å². The highest BCUT2D eigenvalue weighted by Gasteiger charge is 2.35. The molecule has 1 saturated heterocycles. The van der Waals surface area contributed by atoms with Gasteiger partial charge in [0.15, 0.2) is 5.96 Å². The fourth-order valence-corrected chi connectivity index (χ4v) is 4.72. The molecule has 2 N–H and O–H groups in total. The molecule has 0 amide bonds. The van der Waals surface area contributed by atoms with Crippen LogP contribution >= 0.6 is 11.3 Å². The molecule has 0 atom stereocenters. The first-order chi connectivity index (χ1) is 13.2. The molecule has 0 radical (unpaired) electrons. The Balaban J connectivity index is 1.66. The van der Waals surface area contributed by atoms with Crippen LogP contribution in [0.4, 0.5) is 0 Å². The number of ether oxygens (including phenoxy) is 1. The molecule has 27 heavy (non-hydrogen) atoms. The third kappa shape index (κ3) is 4.90. The van der Waals surface area contributed by atoms with Crippen LogP contribution in [0.3, 0.4) is 0 Å². The van der Waals surface area contributed by atoms with Crippen LogP contribution in [0.5, 0.6) is 0 Å². The van der Waals surface area contributed by atoms with Crippen LogP contribution in [0.25, 0.3) is 0 Å². The Morgan fingerprint density at radius 1 is 1.11 bits per heavy atom. The second-order valence-corrected chi connectivity index (χ2v) is 8.46. The van der Waals surface area contributed by atoms with E-state index in [-0.39, 0.29) is 5.41 Å². The highest BCUT2D eigenvalue weighted by Crippen LogP contribution is 2.36. The molecule has 0 aliphatic carbocycles. The number of benzene rings is 1. The van der Waals surface area contributed by atoms with E-state index < -0.39 is 0 Å². The second-order valence-electron chi connectivity index (χ2n) is 7.21. The summed E-state index contributed by atoms with van der Waals surface area (Å²) in [6, 6.07) is 13.2. The van der Waals surface area contributed by atoms with Crippen molar-refractivity contribution in [3.8, 4) is 0 Å². The van der Waals surface area contributed by atoms with Crippen molar-refractivity contribution in [3.63, 3.8) is 0 Å². The molecule has 0 unspecified atom stereocenters. The summed E-state index contributed by atoms with van der Waals surface area (Å²) in [7, 11) is 1.84. The molecule has 0 spiro atoms. The average molecular weight is 386 g/mol. The fourth-order valence-electron chi connectivity index (χ4n) is 3.82. The molecule has 2 heterocycles. The maximum atomic E-state index is 5.67. The minimum Gasteiger partial charge on any atom is -0.381 e. The van der Waals surface area contributed by atoms with Gasteiger partial charge in [0.05, 0.1) is 6.54 Å². The van der Waals surface area contributed by atoms with Crippen molar-refractivity contribution in [1.29, 1.82) is 0 Å². The maximum absolute atomic E-state index is 5.67. The maximum Gasteiger partial charge on any atom is 0.191 e. The Hall–Kier alpha value is -1.85. The van der Waals surface area contributed by atoms with Gasteiger partial charge in [0.2, 0.25) is 0 Å². The number of guanidine groups is 1. The van der Waals surface area contributed by atoms with Gasteiger partial charge in [-0.05, 0) is 49.4 Å². The van der Waals surface area contributed by atoms with E-state index in [1.807, 2.05) is 18.4 Å². The van der Waals surface area contributed by atoms with Gasteiger partial charge in [-0.1, -0.05) is 31.2 Å². The topological polar surface area (TPSA) is 45.7 Å². The van der Waals surface area contributed by atoms with Gasteiger partial charge < -0.3 is 15.4 Å². The molecule has 1 fully saturated rings. The smallest absolute Gasteiger partial charge is 0.191 e. The summed E-state index contributed by atoms with van der Waals surface area (Å²) in [5, 5.41) is 7.05. The zero-order chi connectivity index (χ0) is 19.1. The van der Waals surface area contributed by atoms with Gasteiger partial charge in [0, 0.05) is 42.0 Å². The van der Waals surface area contributed by atoms with Crippen LogP contribution < -0.4 is 10.6 Å². The lowest BCUT2D eigenvalue weighted by atomic mass is 9.72. The monoisotopic (exact) mass is 385 g/mol. The zero-order valence-corrected chi connectivity index (χ0v) is 17.5. The predicted octanol–water partition coefficient (Wildman–Crippen LogP) is 4.03. The number of hydrogen-bond donors (Lipinski definition) is 2. The molecule has 146 valence electrons. The Bertz CT molecular complexity index is 762. The molecule has 5 heteroatoms. The van der Waals surface area contributed by atoms with Crippen molar-refractivity contribution in [2.75, 3.05) is 26.8 Å². The van der Waals surface area contributed by atoms with Crippen molar-refractivity contribution >= 4 is 17.3 Å². The van der Waals surface area contributed by atoms with E-state index in [2.05, 4.69) is 65.9 Å². The molecule has 1 aliphatic heterocycles. The number of nitrogens with one attached hydrogen (secondary N) is 2. The SMILES string of the molecule is CCc1ccc(CNC(=NC)NCC2(c3ccccc3C)CCOCC2)s1. The van der Waals surface area contributed by atoms with Gasteiger partial charge >= 0.3 is 0 Å². The summed E-state index contributed by atoms with van der Waals surface area (Å²) in [4.78, 5) is 7.20. The average Bonchev–Trinajstić information content (AvgIpc) is 3.17. The zero-order valence-electron chi connectivity index (χ0n) is 16.7. The van der Waals surface area contributed by atoms with E-state index in [0.717, 1.165) is 51.5 Å². The highest BCUT2D eigenvalue weighted by molar-refractivity contribution is 7.11. The first-order valence-electron chi connectivity index (χ1n) is 9.83. The Morgan fingerprint density at radius 3 is 2.52 bits per heavy atom. The van der Waals surface area contributed by atoms with E-state index in [9.17, 15) is 0 Å². The number of aliphatic imine (C=N–C) groups is 1. The standard InChI is InChI=1S/C22H31N3OS/c1-4-18-9-10-19(27-18)15-24-21(23-3)25-16-22(11-13-26-14-12-22)20-8-6-5-7-17(20)2/h5-10H,4,11-16H2,1-3H3,(H2,23,24,25). The van der Waals surface area contributed by atoms with Crippen LogP contribution in [0, 0.1) is 6.92 Å². The van der Waals surface area contributed by atoms with Gasteiger partial charge in [0.1, 0.15) is 0 Å². The van der Waals surface area contributed by atoms with Gasteiger partial charge in [-0.25, -0.2) is 0 Å². The first kappa shape index (κ1) is 19.9. The lowest BCUT2D eigenvalue weighted by Crippen LogP contribution is -2.48. The third-order valence-electron chi connectivity index (χ3n) is 5.48. The van der Waals surface area contributed by atoms with E-state index in [1.165, 1.54) is 20.9 Å². The summed E-state index contributed by atoms with van der Waals surface area (Å²) in [5.41, 5.74) is 2.89. The van der Waals surface area contributed by atoms with Crippen LogP contribution in [0.15, 0.2) is 41.4 Å². The second kappa shape index (κ2) is 9.38. The fraction of sp³-hybridized carbons (Fsp3) is 0.500. The largest absolute Gasteiger partial charge is 0.381 e. The van der Waals surface area contributed by atoms with Crippen LogP contribution in [0.2, 0.25) is 0 Å². The van der Waals surface area contributed by atoms with Crippen molar-refractivity contribution in [1.82, 2.24) is 10.6 Å². The number of thiophene rings is 1. The van der Waals surface area contributed by atoms with Gasteiger partial charge in [0.25, 0.3) is 0 Å². The molecule has 1 aromatic heterocycles. The summed E-state index contributed by atoms with van der Waals surface area (Å²) in [6.07, 6.45) is 3.16. The normalized spacial score (nSPS) is 16.9. The van der Waals surface area contributed by atoms with Crippen LogP contribution in [-0.4, -0.2) is 32.8 Å². The minimum absolute atomic E-state index is 0.0968. The van der Waals surface area contributed by atoms with Gasteiger partial charge in [-0.3, -0.25) is 4.99 Å². The number of aryl methyl sites for hydroxylation is 2. The molecule has 2 aromatic rings. The van der Waals surface area contributed by atoms with Crippen LogP contribution in [-0.2, 0) is 23.1 Å². The predicted molar refractivity (Wildman–Crippen MR) is 115 cm³/mol. The van der Waals surface area contributed by atoms with Crippen molar-refractivity contribution in [2.45, 2.75) is 45.1 Å². The van der Waals surface area contributed by atoms with Crippen molar-refractivity contribution in [2.24, 2.45) is 4.99 Å². The van der Waals surface area contributed by atoms with Gasteiger partial charge in [-0.2, -0.15) is 0 Å². The minimum atomic E-state index is 0.0968. The van der Waals surface area contributed by atoms with Gasteiger partial charge in [-0.15, -0.1) is 11.3 Å². The molecular weight excluding hydrogens is 354 g/mol. The summed E-state index contributed by atoms with van der Waals surface area (Å²) < 4.78 is 5.67. The first-order valence-corrected chi connectivity index (χ1v) is 10.6. The Morgan fingerprint density at radius 2 is 1.85 bits per heavy atom. The van der Waals surface area contributed by atoms with Crippen molar-refractivity contribution < 1.29 is 4.74 Å². The highest BCUT2D eigenvalue weighted by atomic mass is 32.1. The molecular formula is C22H31N3OS. The lowest BCUT2D eigenvalue weighted by Gasteiger charge is -2.39. The number of nitrogens with zero attached hydrogens (tertiary/aromatic N) is 1. The summed E-state index contributed by atoms with van der Waals surface area (Å²) in [6.45, 7) is 7.72. The lowest BCUT2D eigenvalue weighted by molar-refractivity contribution is 0.0512. The molecule has 1 aromatic carbocycles. The van der Waals surface area contributed by atoms with Crippen molar-refractivity contribution in [3.05, 3.63) is 57.3 Å². The van der Waals surface area contributed by atoms with E-state index in [4.69, 9.17) is 4.74 Å². The molecule has 3 rings (SSSR count).